The van der Waals surface area contributed by atoms with Crippen LogP contribution in [0.15, 0.2) is 24.3 Å². The van der Waals surface area contributed by atoms with Crippen molar-refractivity contribution in [1.29, 1.82) is 0 Å². The third kappa shape index (κ3) is 3.65. The topological polar surface area (TPSA) is 84.9 Å². The number of ether oxygens (including phenoxy) is 2. The fourth-order valence-corrected chi connectivity index (χ4v) is 2.20. The van der Waals surface area contributed by atoms with Crippen molar-refractivity contribution in [1.82, 2.24) is 5.32 Å². The lowest BCUT2D eigenvalue weighted by Gasteiger charge is -2.31. The van der Waals surface area contributed by atoms with E-state index in [1.807, 2.05) is 13.0 Å². The number of nitrogens with one attached hydrogen (secondary N) is 1. The predicted molar refractivity (Wildman–Crippen MR) is 75.4 cm³/mol. The second-order valence-electron chi connectivity index (χ2n) is 5.02. The van der Waals surface area contributed by atoms with Crippen LogP contribution in [0.25, 0.3) is 0 Å². The van der Waals surface area contributed by atoms with Crippen molar-refractivity contribution in [3.63, 3.8) is 0 Å². The van der Waals surface area contributed by atoms with Gasteiger partial charge >= 0.3 is 5.97 Å². The molecule has 1 aliphatic heterocycles. The smallest absolute Gasteiger partial charge is 0.305 e. The number of benzene rings is 1. The van der Waals surface area contributed by atoms with Gasteiger partial charge in [0.2, 0.25) is 6.10 Å². The van der Waals surface area contributed by atoms with Crippen molar-refractivity contribution < 1.29 is 24.2 Å². The Labute approximate surface area is 123 Å². The number of carbonyl (C=O) groups is 2. The first-order valence-corrected chi connectivity index (χ1v) is 6.95. The molecule has 3 atom stereocenters. The average Bonchev–Trinajstić information content (AvgIpc) is 2.45. The number of fused-ring (bicyclic) bond motifs is 1. The van der Waals surface area contributed by atoms with Gasteiger partial charge in [0.25, 0.3) is 5.91 Å². The van der Waals surface area contributed by atoms with E-state index < -0.39 is 24.2 Å². The minimum absolute atomic E-state index is 0.110. The van der Waals surface area contributed by atoms with E-state index >= 15 is 0 Å². The number of hydrogen-bond acceptors (Lipinski definition) is 4. The van der Waals surface area contributed by atoms with Gasteiger partial charge in [0.1, 0.15) is 6.10 Å². The Balaban J connectivity index is 2.04. The highest BCUT2D eigenvalue weighted by atomic mass is 16.6. The molecule has 6 heteroatoms. The van der Waals surface area contributed by atoms with Crippen LogP contribution >= 0.6 is 0 Å². The summed E-state index contributed by atoms with van der Waals surface area (Å²) in [5.41, 5.74) is 0. The Morgan fingerprint density at radius 2 is 1.90 bits per heavy atom. The zero-order valence-electron chi connectivity index (χ0n) is 12.0. The summed E-state index contributed by atoms with van der Waals surface area (Å²) in [6.07, 6.45) is -0.804. The number of para-hydroxylation sites is 2. The SMILES string of the molecule is CCC(CC(=O)O)NC(=O)C1Oc2ccccc2OC1C. The molecule has 1 amide bonds. The molecule has 1 aromatic carbocycles. The number of carboxylic acid groups (broad SMARTS) is 1. The quantitative estimate of drug-likeness (QED) is 0.861. The lowest BCUT2D eigenvalue weighted by atomic mass is 10.1. The van der Waals surface area contributed by atoms with E-state index in [4.69, 9.17) is 14.6 Å². The van der Waals surface area contributed by atoms with Crippen molar-refractivity contribution in [3.05, 3.63) is 24.3 Å². The summed E-state index contributed by atoms with van der Waals surface area (Å²) < 4.78 is 11.3. The molecule has 3 unspecified atom stereocenters. The standard InChI is InChI=1S/C15H19NO5/c1-3-10(8-13(17)18)16-15(19)14-9(2)20-11-6-4-5-7-12(11)21-14/h4-7,9-10,14H,3,8H2,1-2H3,(H,16,19)(H,17,18). The molecule has 0 spiro atoms. The van der Waals surface area contributed by atoms with E-state index in [1.165, 1.54) is 0 Å². The summed E-state index contributed by atoms with van der Waals surface area (Å²) in [5.74, 6) is -0.180. The average molecular weight is 293 g/mol. The molecule has 1 heterocycles. The van der Waals surface area contributed by atoms with Crippen molar-refractivity contribution in [2.24, 2.45) is 0 Å². The van der Waals surface area contributed by atoms with Crippen LogP contribution in [-0.2, 0) is 9.59 Å². The third-order valence-electron chi connectivity index (χ3n) is 3.36. The third-order valence-corrected chi connectivity index (χ3v) is 3.36. The summed E-state index contributed by atoms with van der Waals surface area (Å²) in [6, 6.07) is 6.72. The Morgan fingerprint density at radius 3 is 2.48 bits per heavy atom. The Morgan fingerprint density at radius 1 is 1.29 bits per heavy atom. The molecule has 0 bridgehead atoms. The molecule has 1 aliphatic rings. The van der Waals surface area contributed by atoms with E-state index in [9.17, 15) is 9.59 Å². The maximum absolute atomic E-state index is 12.3. The van der Waals surface area contributed by atoms with E-state index in [0.717, 1.165) is 0 Å². The van der Waals surface area contributed by atoms with Gasteiger partial charge in [-0.3, -0.25) is 9.59 Å². The molecule has 21 heavy (non-hydrogen) atoms. The lowest BCUT2D eigenvalue weighted by Crippen LogP contribution is -2.51. The lowest BCUT2D eigenvalue weighted by molar-refractivity contribution is -0.138. The highest BCUT2D eigenvalue weighted by molar-refractivity contribution is 5.83. The van der Waals surface area contributed by atoms with Gasteiger partial charge in [-0.15, -0.1) is 0 Å². The molecule has 2 rings (SSSR count). The zero-order valence-corrected chi connectivity index (χ0v) is 12.0. The number of hydrogen-bond donors (Lipinski definition) is 2. The van der Waals surface area contributed by atoms with Gasteiger partial charge < -0.3 is 19.9 Å². The molecule has 0 saturated heterocycles. The van der Waals surface area contributed by atoms with Crippen molar-refractivity contribution in [2.45, 2.75) is 44.9 Å². The predicted octanol–water partition coefficient (Wildman–Crippen LogP) is 1.58. The summed E-state index contributed by atoms with van der Waals surface area (Å²) in [6.45, 7) is 3.57. The van der Waals surface area contributed by atoms with Crippen LogP contribution in [-0.4, -0.2) is 35.2 Å². The van der Waals surface area contributed by atoms with Crippen molar-refractivity contribution in [2.75, 3.05) is 0 Å². The largest absolute Gasteiger partial charge is 0.482 e. The first kappa shape index (κ1) is 15.2. The highest BCUT2D eigenvalue weighted by Crippen LogP contribution is 2.33. The number of aliphatic carboxylic acids is 1. The van der Waals surface area contributed by atoms with Gasteiger partial charge in [-0.2, -0.15) is 0 Å². The van der Waals surface area contributed by atoms with E-state index in [0.29, 0.717) is 17.9 Å². The Hall–Kier alpha value is -2.24. The van der Waals surface area contributed by atoms with E-state index in [2.05, 4.69) is 5.32 Å². The Kier molecular flexibility index (Phi) is 4.67. The first-order chi connectivity index (χ1) is 10.0. The molecule has 0 aliphatic carbocycles. The van der Waals surface area contributed by atoms with Gasteiger partial charge in [0.05, 0.1) is 6.42 Å². The minimum atomic E-state index is -0.943. The fraction of sp³-hybridized carbons (Fsp3) is 0.467. The summed E-state index contributed by atoms with van der Waals surface area (Å²) in [7, 11) is 0. The molecule has 6 nitrogen and oxygen atoms in total. The van der Waals surface area contributed by atoms with Crippen LogP contribution in [0.3, 0.4) is 0 Å². The highest BCUT2D eigenvalue weighted by Gasteiger charge is 2.34. The van der Waals surface area contributed by atoms with Crippen LogP contribution in [0.4, 0.5) is 0 Å². The second kappa shape index (κ2) is 6.47. The number of amides is 1. The molecular formula is C15H19NO5. The number of carboxylic acids is 1. The molecular weight excluding hydrogens is 274 g/mol. The normalized spacial score (nSPS) is 21.4. The van der Waals surface area contributed by atoms with Gasteiger partial charge in [-0.1, -0.05) is 19.1 Å². The summed E-state index contributed by atoms with van der Waals surface area (Å²) in [5, 5.41) is 11.5. The molecule has 0 aromatic heterocycles. The van der Waals surface area contributed by atoms with Crippen LogP contribution in [0.1, 0.15) is 26.7 Å². The summed E-state index contributed by atoms with van der Waals surface area (Å²) >= 11 is 0. The second-order valence-corrected chi connectivity index (χ2v) is 5.02. The van der Waals surface area contributed by atoms with Gasteiger partial charge in [-0.05, 0) is 25.5 Å². The van der Waals surface area contributed by atoms with Crippen molar-refractivity contribution >= 4 is 11.9 Å². The monoisotopic (exact) mass is 293 g/mol. The van der Waals surface area contributed by atoms with Crippen LogP contribution in [0.2, 0.25) is 0 Å². The number of rotatable bonds is 5. The van der Waals surface area contributed by atoms with Crippen LogP contribution in [0, 0.1) is 0 Å². The molecule has 0 fully saturated rings. The molecule has 1 aromatic rings. The van der Waals surface area contributed by atoms with Gasteiger partial charge in [-0.25, -0.2) is 0 Å². The number of carbonyl (C=O) groups excluding carboxylic acids is 1. The molecule has 2 N–H and O–H groups in total. The van der Waals surface area contributed by atoms with Crippen LogP contribution < -0.4 is 14.8 Å². The van der Waals surface area contributed by atoms with E-state index in [1.54, 1.807) is 25.1 Å². The first-order valence-electron chi connectivity index (χ1n) is 6.95. The van der Waals surface area contributed by atoms with Gasteiger partial charge in [0.15, 0.2) is 11.5 Å². The molecule has 114 valence electrons. The zero-order chi connectivity index (χ0) is 15.4. The Bertz CT molecular complexity index is 531. The summed E-state index contributed by atoms with van der Waals surface area (Å²) in [4.78, 5) is 23.0. The van der Waals surface area contributed by atoms with Gasteiger partial charge in [0, 0.05) is 6.04 Å². The fourth-order valence-electron chi connectivity index (χ4n) is 2.20. The van der Waals surface area contributed by atoms with Crippen LogP contribution in [0.5, 0.6) is 11.5 Å². The van der Waals surface area contributed by atoms with Crippen molar-refractivity contribution in [3.8, 4) is 11.5 Å². The molecule has 0 radical (unpaired) electrons. The maximum atomic E-state index is 12.3. The molecule has 0 saturated carbocycles. The minimum Gasteiger partial charge on any atom is -0.482 e. The maximum Gasteiger partial charge on any atom is 0.305 e. The van der Waals surface area contributed by atoms with E-state index in [-0.39, 0.29) is 12.3 Å².